The van der Waals surface area contributed by atoms with Crippen LogP contribution in [0.1, 0.15) is 18.4 Å². The predicted octanol–water partition coefficient (Wildman–Crippen LogP) is 2.41. The minimum atomic E-state index is -1.11. The van der Waals surface area contributed by atoms with E-state index in [9.17, 15) is 18.4 Å². The standard InChI is InChI=1S/C13H10F2O3/c14-7-1-3-9(12(15)5-7)11-6-8(16)2-4-10(11)13(17)18/h1,3,5-6,10H,2,4H2,(H,17,18). The molecule has 0 aliphatic heterocycles. The molecule has 0 bridgehead atoms. The first-order chi connectivity index (χ1) is 8.49. The van der Waals surface area contributed by atoms with Gasteiger partial charge in [-0.05, 0) is 30.2 Å². The van der Waals surface area contributed by atoms with Crippen molar-refractivity contribution in [2.75, 3.05) is 0 Å². The van der Waals surface area contributed by atoms with Crippen LogP contribution in [0.4, 0.5) is 8.78 Å². The Kier molecular flexibility index (Phi) is 3.23. The normalized spacial score (nSPS) is 19.6. The van der Waals surface area contributed by atoms with Gasteiger partial charge in [0, 0.05) is 18.1 Å². The number of ketones is 1. The summed E-state index contributed by atoms with van der Waals surface area (Å²) >= 11 is 0. The lowest BCUT2D eigenvalue weighted by molar-refractivity contribution is -0.140. The van der Waals surface area contributed by atoms with E-state index in [0.717, 1.165) is 18.2 Å². The number of carboxylic acids is 1. The van der Waals surface area contributed by atoms with Crippen LogP contribution in [0.15, 0.2) is 24.3 Å². The fourth-order valence-corrected chi connectivity index (χ4v) is 2.03. The summed E-state index contributed by atoms with van der Waals surface area (Å²) in [6, 6.07) is 2.87. The number of halogens is 2. The molecule has 94 valence electrons. The lowest BCUT2D eigenvalue weighted by atomic mass is 9.83. The zero-order chi connectivity index (χ0) is 13.3. The molecule has 3 nitrogen and oxygen atoms in total. The van der Waals surface area contributed by atoms with Gasteiger partial charge < -0.3 is 5.11 Å². The van der Waals surface area contributed by atoms with Gasteiger partial charge in [-0.25, -0.2) is 8.78 Å². The van der Waals surface area contributed by atoms with Crippen LogP contribution in [0.2, 0.25) is 0 Å². The Morgan fingerprint density at radius 1 is 1.33 bits per heavy atom. The summed E-state index contributed by atoms with van der Waals surface area (Å²) in [5, 5.41) is 9.05. The molecule has 1 aliphatic carbocycles. The lowest BCUT2D eigenvalue weighted by Crippen LogP contribution is -2.21. The average molecular weight is 252 g/mol. The Morgan fingerprint density at radius 3 is 2.67 bits per heavy atom. The minimum Gasteiger partial charge on any atom is -0.481 e. The minimum absolute atomic E-state index is 0.0307. The second kappa shape index (κ2) is 4.68. The van der Waals surface area contributed by atoms with Crippen molar-refractivity contribution < 1.29 is 23.5 Å². The van der Waals surface area contributed by atoms with E-state index in [0.29, 0.717) is 6.07 Å². The number of benzene rings is 1. The van der Waals surface area contributed by atoms with Crippen LogP contribution < -0.4 is 0 Å². The molecule has 1 aliphatic rings. The second-order valence-electron chi connectivity index (χ2n) is 4.12. The monoisotopic (exact) mass is 252 g/mol. The van der Waals surface area contributed by atoms with E-state index < -0.39 is 23.5 Å². The number of aliphatic carboxylic acids is 1. The molecule has 0 aromatic heterocycles. The summed E-state index contributed by atoms with van der Waals surface area (Å²) in [5.41, 5.74) is 0.0769. The average Bonchev–Trinajstić information content (AvgIpc) is 2.28. The van der Waals surface area contributed by atoms with Gasteiger partial charge in [0.1, 0.15) is 11.6 Å². The fraction of sp³-hybridized carbons (Fsp3) is 0.231. The number of rotatable bonds is 2. The predicted molar refractivity (Wildman–Crippen MR) is 59.7 cm³/mol. The van der Waals surface area contributed by atoms with E-state index in [-0.39, 0.29) is 29.8 Å². The topological polar surface area (TPSA) is 54.4 Å². The SMILES string of the molecule is O=C1C=C(c2ccc(F)cc2F)C(C(=O)O)CC1. The molecule has 0 heterocycles. The third-order valence-corrected chi connectivity index (χ3v) is 2.91. The molecular weight excluding hydrogens is 242 g/mol. The van der Waals surface area contributed by atoms with Crippen LogP contribution in [-0.4, -0.2) is 16.9 Å². The number of allylic oxidation sites excluding steroid dienone is 1. The molecule has 5 heteroatoms. The van der Waals surface area contributed by atoms with E-state index in [1.807, 2.05) is 0 Å². The summed E-state index contributed by atoms with van der Waals surface area (Å²) in [6.07, 6.45) is 1.40. The third kappa shape index (κ3) is 2.30. The molecule has 1 aromatic carbocycles. The highest BCUT2D eigenvalue weighted by molar-refractivity contribution is 6.03. The van der Waals surface area contributed by atoms with Crippen LogP contribution in [0, 0.1) is 17.6 Å². The highest BCUT2D eigenvalue weighted by Gasteiger charge is 2.29. The Hall–Kier alpha value is -2.04. The van der Waals surface area contributed by atoms with Crippen molar-refractivity contribution in [3.8, 4) is 0 Å². The molecule has 1 aromatic rings. The molecule has 0 radical (unpaired) electrons. The van der Waals surface area contributed by atoms with Gasteiger partial charge in [0.05, 0.1) is 5.92 Å². The fourth-order valence-electron chi connectivity index (χ4n) is 2.03. The molecule has 1 unspecified atom stereocenters. The smallest absolute Gasteiger partial charge is 0.311 e. The first kappa shape index (κ1) is 12.4. The number of carboxylic acid groups (broad SMARTS) is 1. The Morgan fingerprint density at radius 2 is 2.06 bits per heavy atom. The number of hydrogen-bond donors (Lipinski definition) is 1. The van der Waals surface area contributed by atoms with Gasteiger partial charge in [-0.2, -0.15) is 0 Å². The quantitative estimate of drug-likeness (QED) is 0.879. The first-order valence-corrected chi connectivity index (χ1v) is 5.41. The van der Waals surface area contributed by atoms with Crippen molar-refractivity contribution in [1.82, 2.24) is 0 Å². The van der Waals surface area contributed by atoms with E-state index in [2.05, 4.69) is 0 Å². The molecule has 0 fully saturated rings. The summed E-state index contributed by atoms with van der Waals surface area (Å²) in [5.74, 6) is -3.89. The highest BCUT2D eigenvalue weighted by atomic mass is 19.1. The second-order valence-corrected chi connectivity index (χ2v) is 4.12. The van der Waals surface area contributed by atoms with Gasteiger partial charge in [0.15, 0.2) is 5.78 Å². The molecule has 0 spiro atoms. The molecule has 1 atom stereocenters. The highest BCUT2D eigenvalue weighted by Crippen LogP contribution is 2.33. The maximum Gasteiger partial charge on any atom is 0.311 e. The number of carbonyl (C=O) groups is 2. The zero-order valence-corrected chi connectivity index (χ0v) is 9.32. The van der Waals surface area contributed by atoms with Crippen LogP contribution in [0.3, 0.4) is 0 Å². The van der Waals surface area contributed by atoms with E-state index in [4.69, 9.17) is 5.11 Å². The molecule has 18 heavy (non-hydrogen) atoms. The van der Waals surface area contributed by atoms with Crippen LogP contribution in [-0.2, 0) is 9.59 Å². The third-order valence-electron chi connectivity index (χ3n) is 2.91. The van der Waals surface area contributed by atoms with Crippen molar-refractivity contribution >= 4 is 17.3 Å². The molecule has 1 N–H and O–H groups in total. The van der Waals surface area contributed by atoms with Gasteiger partial charge in [-0.3, -0.25) is 9.59 Å². The maximum atomic E-state index is 13.6. The van der Waals surface area contributed by atoms with Crippen LogP contribution in [0.5, 0.6) is 0 Å². The lowest BCUT2D eigenvalue weighted by Gasteiger charge is -2.20. The van der Waals surface area contributed by atoms with Crippen molar-refractivity contribution in [2.45, 2.75) is 12.8 Å². The van der Waals surface area contributed by atoms with Crippen molar-refractivity contribution in [3.63, 3.8) is 0 Å². The molecule has 2 rings (SSSR count). The first-order valence-electron chi connectivity index (χ1n) is 5.41. The summed E-state index contributed by atoms with van der Waals surface area (Å²) in [6.45, 7) is 0. The number of carbonyl (C=O) groups excluding carboxylic acids is 1. The van der Waals surface area contributed by atoms with E-state index in [1.165, 1.54) is 0 Å². The van der Waals surface area contributed by atoms with E-state index in [1.54, 1.807) is 0 Å². The largest absolute Gasteiger partial charge is 0.481 e. The Labute approximate surface area is 102 Å². The van der Waals surface area contributed by atoms with Crippen LogP contribution >= 0.6 is 0 Å². The molecule has 0 amide bonds. The van der Waals surface area contributed by atoms with Gasteiger partial charge in [-0.15, -0.1) is 0 Å². The van der Waals surface area contributed by atoms with Crippen molar-refractivity contribution in [2.24, 2.45) is 5.92 Å². The molecule has 0 saturated heterocycles. The summed E-state index contributed by atoms with van der Waals surface area (Å²) < 4.78 is 26.4. The summed E-state index contributed by atoms with van der Waals surface area (Å²) in [4.78, 5) is 22.4. The van der Waals surface area contributed by atoms with E-state index >= 15 is 0 Å². The molecular formula is C13H10F2O3. The van der Waals surface area contributed by atoms with Gasteiger partial charge in [0.25, 0.3) is 0 Å². The number of hydrogen-bond acceptors (Lipinski definition) is 2. The summed E-state index contributed by atoms with van der Waals surface area (Å²) in [7, 11) is 0. The van der Waals surface area contributed by atoms with Gasteiger partial charge >= 0.3 is 5.97 Å². The van der Waals surface area contributed by atoms with Crippen molar-refractivity contribution in [1.29, 1.82) is 0 Å². The van der Waals surface area contributed by atoms with Crippen LogP contribution in [0.25, 0.3) is 5.57 Å². The zero-order valence-electron chi connectivity index (χ0n) is 9.32. The Balaban J connectivity index is 2.51. The Bertz CT molecular complexity index is 549. The molecule has 0 saturated carbocycles. The maximum absolute atomic E-state index is 13.6. The van der Waals surface area contributed by atoms with Crippen molar-refractivity contribution in [3.05, 3.63) is 41.5 Å². The van der Waals surface area contributed by atoms with Gasteiger partial charge in [0.2, 0.25) is 0 Å². The van der Waals surface area contributed by atoms with Gasteiger partial charge in [-0.1, -0.05) is 0 Å².